The summed E-state index contributed by atoms with van der Waals surface area (Å²) in [6, 6.07) is 15.6. The van der Waals surface area contributed by atoms with Gasteiger partial charge in [0.2, 0.25) is 0 Å². The minimum atomic E-state index is -0.592. The highest BCUT2D eigenvalue weighted by atomic mass is 32.2. The normalized spacial score (nSPS) is 16.8. The van der Waals surface area contributed by atoms with E-state index in [9.17, 15) is 14.7 Å². The van der Waals surface area contributed by atoms with Crippen LogP contribution in [0.4, 0.5) is 5.69 Å². The molecule has 0 aromatic heterocycles. The minimum Gasteiger partial charge on any atom is -0.507 e. The lowest BCUT2D eigenvalue weighted by Gasteiger charge is -2.17. The SMILES string of the molecule is O=C(NN1C(=O)C(CNc2ccccc2)SC1=S)c1ccccc1O. The van der Waals surface area contributed by atoms with Crippen LogP contribution >= 0.6 is 24.0 Å². The van der Waals surface area contributed by atoms with Gasteiger partial charge in [0.05, 0.1) is 5.56 Å². The van der Waals surface area contributed by atoms with Crippen LogP contribution in [0.1, 0.15) is 10.4 Å². The zero-order chi connectivity index (χ0) is 17.8. The zero-order valence-electron chi connectivity index (χ0n) is 13.0. The molecule has 128 valence electrons. The van der Waals surface area contributed by atoms with Gasteiger partial charge in [-0.05, 0) is 24.3 Å². The van der Waals surface area contributed by atoms with Crippen LogP contribution in [-0.2, 0) is 4.79 Å². The number of para-hydroxylation sites is 2. The molecule has 1 aliphatic rings. The van der Waals surface area contributed by atoms with Crippen LogP contribution in [0.5, 0.6) is 5.75 Å². The van der Waals surface area contributed by atoms with Gasteiger partial charge in [-0.15, -0.1) is 0 Å². The number of carbonyl (C=O) groups excluding carboxylic acids is 2. The van der Waals surface area contributed by atoms with Gasteiger partial charge in [0.1, 0.15) is 11.0 Å². The molecule has 0 bridgehead atoms. The van der Waals surface area contributed by atoms with E-state index in [2.05, 4.69) is 10.7 Å². The molecule has 0 saturated carbocycles. The Hall–Kier alpha value is -2.58. The van der Waals surface area contributed by atoms with Gasteiger partial charge in [-0.3, -0.25) is 15.0 Å². The molecule has 3 N–H and O–H groups in total. The third-order valence-corrected chi connectivity index (χ3v) is 5.06. The van der Waals surface area contributed by atoms with Crippen molar-refractivity contribution in [2.24, 2.45) is 0 Å². The van der Waals surface area contributed by atoms with E-state index < -0.39 is 11.2 Å². The Morgan fingerprint density at radius 3 is 2.56 bits per heavy atom. The van der Waals surface area contributed by atoms with Gasteiger partial charge in [0, 0.05) is 12.2 Å². The molecule has 2 aromatic carbocycles. The number of aromatic hydroxyl groups is 1. The highest BCUT2D eigenvalue weighted by Gasteiger charge is 2.38. The Morgan fingerprint density at radius 2 is 1.84 bits per heavy atom. The van der Waals surface area contributed by atoms with Gasteiger partial charge in [-0.2, -0.15) is 0 Å². The molecule has 2 amide bonds. The predicted octanol–water partition coefficient (Wildman–Crippen LogP) is 2.38. The number of hydrazine groups is 1. The number of anilines is 1. The number of carbonyl (C=O) groups is 2. The average Bonchev–Trinajstić information content (AvgIpc) is 2.88. The van der Waals surface area contributed by atoms with Crippen LogP contribution in [0.3, 0.4) is 0 Å². The second-order valence-corrected chi connectivity index (χ2v) is 7.09. The van der Waals surface area contributed by atoms with Crippen LogP contribution < -0.4 is 10.7 Å². The molecule has 1 unspecified atom stereocenters. The molecule has 0 radical (unpaired) electrons. The van der Waals surface area contributed by atoms with Crippen molar-refractivity contribution in [1.82, 2.24) is 10.4 Å². The summed E-state index contributed by atoms with van der Waals surface area (Å²) >= 11 is 6.40. The monoisotopic (exact) mass is 373 g/mol. The van der Waals surface area contributed by atoms with Gasteiger partial charge in [-0.25, -0.2) is 5.01 Å². The van der Waals surface area contributed by atoms with E-state index in [0.29, 0.717) is 6.54 Å². The second kappa shape index (κ2) is 7.54. The average molecular weight is 373 g/mol. The summed E-state index contributed by atoms with van der Waals surface area (Å²) in [7, 11) is 0. The van der Waals surface area contributed by atoms with Crippen molar-refractivity contribution in [3.63, 3.8) is 0 Å². The lowest BCUT2D eigenvalue weighted by Crippen LogP contribution is -2.46. The summed E-state index contributed by atoms with van der Waals surface area (Å²) in [6.45, 7) is 0.386. The molecule has 8 heteroatoms. The molecule has 1 fully saturated rings. The summed E-state index contributed by atoms with van der Waals surface area (Å²) in [5.74, 6) is -1.05. The largest absolute Gasteiger partial charge is 0.507 e. The first kappa shape index (κ1) is 17.2. The van der Waals surface area contributed by atoms with Crippen molar-refractivity contribution < 1.29 is 14.7 Å². The number of phenolic OH excluding ortho intramolecular Hbond substituents is 1. The molecule has 1 heterocycles. The van der Waals surface area contributed by atoms with Crippen molar-refractivity contribution in [1.29, 1.82) is 0 Å². The molecule has 2 aromatic rings. The molecule has 0 spiro atoms. The van der Waals surface area contributed by atoms with E-state index in [0.717, 1.165) is 10.7 Å². The van der Waals surface area contributed by atoms with Gasteiger partial charge in [0.15, 0.2) is 4.32 Å². The maximum atomic E-state index is 12.5. The third kappa shape index (κ3) is 3.92. The van der Waals surface area contributed by atoms with Crippen molar-refractivity contribution in [2.45, 2.75) is 5.25 Å². The first-order valence-corrected chi connectivity index (χ1v) is 8.77. The summed E-state index contributed by atoms with van der Waals surface area (Å²) in [4.78, 5) is 24.7. The number of thiocarbonyl (C=S) groups is 1. The Labute approximate surface area is 154 Å². The molecule has 1 atom stereocenters. The Bertz CT molecular complexity index is 814. The van der Waals surface area contributed by atoms with Crippen molar-refractivity contribution in [3.8, 4) is 5.75 Å². The smallest absolute Gasteiger partial charge is 0.273 e. The zero-order valence-corrected chi connectivity index (χ0v) is 14.6. The number of phenols is 1. The fourth-order valence-corrected chi connectivity index (χ4v) is 3.62. The predicted molar refractivity (Wildman–Crippen MR) is 101 cm³/mol. The third-order valence-electron chi connectivity index (χ3n) is 3.55. The van der Waals surface area contributed by atoms with Crippen molar-refractivity contribution >= 4 is 45.8 Å². The van der Waals surface area contributed by atoms with E-state index in [-0.39, 0.29) is 21.5 Å². The number of rotatable bonds is 5. The van der Waals surface area contributed by atoms with Gasteiger partial charge in [0.25, 0.3) is 11.8 Å². The second-order valence-electron chi connectivity index (χ2n) is 5.25. The number of hydrogen-bond acceptors (Lipinski definition) is 6. The van der Waals surface area contributed by atoms with Crippen LogP contribution in [0.15, 0.2) is 54.6 Å². The molecule has 25 heavy (non-hydrogen) atoms. The van der Waals surface area contributed by atoms with Gasteiger partial charge < -0.3 is 10.4 Å². The van der Waals surface area contributed by atoms with Crippen LogP contribution in [0.25, 0.3) is 0 Å². The fraction of sp³-hybridized carbons (Fsp3) is 0.118. The summed E-state index contributed by atoms with van der Waals surface area (Å²) < 4.78 is 0.272. The first-order chi connectivity index (χ1) is 12.1. The maximum absolute atomic E-state index is 12.5. The lowest BCUT2D eigenvalue weighted by molar-refractivity contribution is -0.127. The topological polar surface area (TPSA) is 81.7 Å². The van der Waals surface area contributed by atoms with E-state index in [1.54, 1.807) is 12.1 Å². The first-order valence-electron chi connectivity index (χ1n) is 7.49. The quantitative estimate of drug-likeness (QED) is 0.698. The van der Waals surface area contributed by atoms with Gasteiger partial charge in [-0.1, -0.05) is 54.3 Å². The number of nitrogens with one attached hydrogen (secondary N) is 2. The molecular formula is C17H15N3O3S2. The Morgan fingerprint density at radius 1 is 1.16 bits per heavy atom. The summed E-state index contributed by atoms with van der Waals surface area (Å²) in [5, 5.41) is 13.5. The molecule has 1 aliphatic heterocycles. The van der Waals surface area contributed by atoms with Crippen molar-refractivity contribution in [2.75, 3.05) is 11.9 Å². The summed E-state index contributed by atoms with van der Waals surface area (Å²) in [5.41, 5.74) is 3.44. The van der Waals surface area contributed by atoms with Crippen molar-refractivity contribution in [3.05, 3.63) is 60.2 Å². The molecule has 1 saturated heterocycles. The molecule has 0 aliphatic carbocycles. The molecule has 6 nitrogen and oxygen atoms in total. The lowest BCUT2D eigenvalue weighted by atomic mass is 10.2. The molecule has 3 rings (SSSR count). The number of thioether (sulfide) groups is 1. The van der Waals surface area contributed by atoms with Crippen LogP contribution in [-0.4, -0.2) is 38.0 Å². The van der Waals surface area contributed by atoms with Gasteiger partial charge >= 0.3 is 0 Å². The maximum Gasteiger partial charge on any atom is 0.273 e. The van der Waals surface area contributed by atoms with E-state index in [1.165, 1.54) is 23.9 Å². The fourth-order valence-electron chi connectivity index (χ4n) is 2.28. The number of nitrogens with zero attached hydrogens (tertiary/aromatic N) is 1. The highest BCUT2D eigenvalue weighted by molar-refractivity contribution is 8.24. The van der Waals surface area contributed by atoms with E-state index in [1.807, 2.05) is 30.3 Å². The standard InChI is InChI=1S/C17H15N3O3S2/c21-13-9-5-4-8-12(13)15(22)19-20-16(23)14(25-17(20)24)10-18-11-6-2-1-3-7-11/h1-9,14,18,21H,10H2,(H,19,22). The van der Waals surface area contributed by atoms with E-state index >= 15 is 0 Å². The number of amides is 2. The Kier molecular flexibility index (Phi) is 5.20. The van der Waals surface area contributed by atoms with Crippen LogP contribution in [0, 0.1) is 0 Å². The number of hydrogen-bond donors (Lipinski definition) is 3. The number of benzene rings is 2. The van der Waals surface area contributed by atoms with E-state index in [4.69, 9.17) is 12.2 Å². The van der Waals surface area contributed by atoms with Crippen LogP contribution in [0.2, 0.25) is 0 Å². The molecular weight excluding hydrogens is 358 g/mol. The minimum absolute atomic E-state index is 0.0777. The summed E-state index contributed by atoms with van der Waals surface area (Å²) in [6.07, 6.45) is 0. The Balaban J connectivity index is 1.63. The highest BCUT2D eigenvalue weighted by Crippen LogP contribution is 2.27.